The Kier molecular flexibility index (Phi) is 4.45. The number of amides is 1. The van der Waals surface area contributed by atoms with Gasteiger partial charge < -0.3 is 4.90 Å². The lowest BCUT2D eigenvalue weighted by molar-refractivity contribution is -0.134. The highest BCUT2D eigenvalue weighted by molar-refractivity contribution is 7.07. The van der Waals surface area contributed by atoms with Gasteiger partial charge in [0.15, 0.2) is 0 Å². The number of thiophene rings is 1. The zero-order valence-electron chi connectivity index (χ0n) is 12.4. The fraction of sp³-hybridized carbons (Fsp3) is 0.706. The Morgan fingerprint density at radius 3 is 2.35 bits per heavy atom. The summed E-state index contributed by atoms with van der Waals surface area (Å²) in [6.45, 7) is 2.30. The van der Waals surface area contributed by atoms with Gasteiger partial charge in [0.2, 0.25) is 5.91 Å². The van der Waals surface area contributed by atoms with E-state index < -0.39 is 0 Å². The highest BCUT2D eigenvalue weighted by atomic mass is 32.1. The third-order valence-corrected chi connectivity index (χ3v) is 5.68. The van der Waals surface area contributed by atoms with E-state index in [0.717, 1.165) is 5.92 Å². The Morgan fingerprint density at radius 1 is 1.20 bits per heavy atom. The van der Waals surface area contributed by atoms with Crippen LogP contribution in [0.5, 0.6) is 0 Å². The first kappa shape index (κ1) is 14.1. The third kappa shape index (κ3) is 3.25. The van der Waals surface area contributed by atoms with Gasteiger partial charge in [-0.1, -0.05) is 13.3 Å². The second kappa shape index (κ2) is 6.30. The Hall–Kier alpha value is -0.830. The summed E-state index contributed by atoms with van der Waals surface area (Å²) in [6.07, 6.45) is 9.44. The summed E-state index contributed by atoms with van der Waals surface area (Å²) in [7, 11) is 0. The molecule has 20 heavy (non-hydrogen) atoms. The molecule has 2 aliphatic rings. The highest BCUT2D eigenvalue weighted by Crippen LogP contribution is 2.36. The van der Waals surface area contributed by atoms with Crippen LogP contribution in [0.15, 0.2) is 16.8 Å². The maximum absolute atomic E-state index is 12.7. The van der Waals surface area contributed by atoms with E-state index in [0.29, 0.717) is 24.4 Å². The van der Waals surface area contributed by atoms with E-state index >= 15 is 0 Å². The molecule has 1 aromatic rings. The summed E-state index contributed by atoms with van der Waals surface area (Å²) in [4.78, 5) is 14.9. The molecule has 2 aliphatic carbocycles. The number of carbonyl (C=O) groups excluding carboxylic acids is 1. The minimum Gasteiger partial charge on any atom is -0.336 e. The van der Waals surface area contributed by atoms with Crippen molar-refractivity contribution in [3.8, 4) is 0 Å². The van der Waals surface area contributed by atoms with E-state index in [9.17, 15) is 4.79 Å². The molecule has 1 aromatic heterocycles. The van der Waals surface area contributed by atoms with E-state index in [2.05, 4.69) is 28.7 Å². The lowest BCUT2D eigenvalue weighted by Crippen LogP contribution is -2.44. The Bertz CT molecular complexity index is 430. The van der Waals surface area contributed by atoms with Crippen LogP contribution in [0.3, 0.4) is 0 Å². The van der Waals surface area contributed by atoms with E-state index in [1.54, 1.807) is 11.3 Å². The van der Waals surface area contributed by atoms with Gasteiger partial charge in [-0.3, -0.25) is 4.79 Å². The molecule has 2 fully saturated rings. The molecule has 0 spiro atoms. The molecular formula is C17H25NOS. The van der Waals surface area contributed by atoms with Crippen molar-refractivity contribution in [1.82, 2.24) is 4.90 Å². The largest absolute Gasteiger partial charge is 0.336 e. The minimum absolute atomic E-state index is 0.367. The summed E-state index contributed by atoms with van der Waals surface area (Å²) in [6, 6.07) is 3.17. The van der Waals surface area contributed by atoms with E-state index in [-0.39, 0.29) is 0 Å². The first-order valence-electron chi connectivity index (χ1n) is 8.10. The van der Waals surface area contributed by atoms with Crippen LogP contribution in [0.25, 0.3) is 0 Å². The van der Waals surface area contributed by atoms with Crippen LogP contribution >= 0.6 is 11.3 Å². The van der Waals surface area contributed by atoms with E-state index in [4.69, 9.17) is 0 Å². The molecule has 3 rings (SSSR count). The average Bonchev–Trinajstić information content (AvgIpc) is 3.16. The molecule has 1 heterocycles. The van der Waals surface area contributed by atoms with Gasteiger partial charge in [0.25, 0.3) is 0 Å². The van der Waals surface area contributed by atoms with Gasteiger partial charge in [-0.2, -0.15) is 11.3 Å². The summed E-state index contributed by atoms with van der Waals surface area (Å²) in [5, 5.41) is 4.17. The molecule has 2 saturated carbocycles. The fourth-order valence-corrected chi connectivity index (χ4v) is 4.22. The average molecular weight is 291 g/mol. The molecule has 0 N–H and O–H groups in total. The van der Waals surface area contributed by atoms with Crippen LogP contribution in [-0.4, -0.2) is 22.9 Å². The Balaban J connectivity index is 1.62. The maximum Gasteiger partial charge on any atom is 0.227 e. The predicted molar refractivity (Wildman–Crippen MR) is 83.9 cm³/mol. The second-order valence-electron chi connectivity index (χ2n) is 6.42. The molecule has 0 radical (unpaired) electrons. The van der Waals surface area contributed by atoms with Crippen molar-refractivity contribution in [2.24, 2.45) is 5.92 Å². The number of nitrogens with zero attached hydrogens (tertiary/aromatic N) is 1. The van der Waals surface area contributed by atoms with E-state index in [1.165, 1.54) is 50.5 Å². The molecule has 0 atom stereocenters. The standard InChI is InChI=1S/C17H25NOS/c1-2-13-3-5-15(6-4-13)18(16-7-8-16)17(19)11-14-9-10-20-12-14/h9-10,12-13,15-16H,2-8,11H2,1H3. The van der Waals surface area contributed by atoms with Gasteiger partial charge in [0.05, 0.1) is 6.42 Å². The van der Waals surface area contributed by atoms with Crippen molar-refractivity contribution in [3.05, 3.63) is 22.4 Å². The normalized spacial score (nSPS) is 26.4. The smallest absolute Gasteiger partial charge is 0.227 e. The molecule has 0 aliphatic heterocycles. The zero-order chi connectivity index (χ0) is 13.9. The molecule has 0 unspecified atom stereocenters. The summed E-state index contributed by atoms with van der Waals surface area (Å²) in [5.41, 5.74) is 1.19. The van der Waals surface area contributed by atoms with Crippen LogP contribution < -0.4 is 0 Å². The fourth-order valence-electron chi connectivity index (χ4n) is 3.55. The van der Waals surface area contributed by atoms with Gasteiger partial charge in [-0.05, 0) is 66.8 Å². The van der Waals surface area contributed by atoms with Gasteiger partial charge in [0, 0.05) is 12.1 Å². The molecule has 3 heteroatoms. The molecule has 0 aromatic carbocycles. The van der Waals surface area contributed by atoms with Crippen molar-refractivity contribution in [3.63, 3.8) is 0 Å². The van der Waals surface area contributed by atoms with Crippen molar-refractivity contribution in [2.75, 3.05) is 0 Å². The zero-order valence-corrected chi connectivity index (χ0v) is 13.2. The van der Waals surface area contributed by atoms with Crippen LogP contribution in [0.4, 0.5) is 0 Å². The Labute approximate surface area is 126 Å². The lowest BCUT2D eigenvalue weighted by atomic mass is 9.83. The van der Waals surface area contributed by atoms with Gasteiger partial charge in [-0.15, -0.1) is 0 Å². The lowest BCUT2D eigenvalue weighted by Gasteiger charge is -2.37. The summed E-state index contributed by atoms with van der Waals surface area (Å²) in [5.74, 6) is 1.27. The first-order chi connectivity index (χ1) is 9.78. The van der Waals surface area contributed by atoms with Crippen molar-refractivity contribution >= 4 is 17.2 Å². The van der Waals surface area contributed by atoms with Crippen LogP contribution in [-0.2, 0) is 11.2 Å². The third-order valence-electron chi connectivity index (χ3n) is 4.95. The van der Waals surface area contributed by atoms with Gasteiger partial charge in [-0.25, -0.2) is 0 Å². The van der Waals surface area contributed by atoms with Gasteiger partial charge in [0.1, 0.15) is 0 Å². The number of hydrogen-bond acceptors (Lipinski definition) is 2. The quantitative estimate of drug-likeness (QED) is 0.794. The van der Waals surface area contributed by atoms with Crippen molar-refractivity contribution < 1.29 is 4.79 Å². The minimum atomic E-state index is 0.367. The number of hydrogen-bond donors (Lipinski definition) is 0. The molecular weight excluding hydrogens is 266 g/mol. The van der Waals surface area contributed by atoms with Crippen molar-refractivity contribution in [2.45, 2.75) is 70.4 Å². The number of carbonyl (C=O) groups is 1. The summed E-state index contributed by atoms with van der Waals surface area (Å²) >= 11 is 1.69. The van der Waals surface area contributed by atoms with E-state index in [1.807, 2.05) is 0 Å². The summed E-state index contributed by atoms with van der Waals surface area (Å²) < 4.78 is 0. The Morgan fingerprint density at radius 2 is 1.85 bits per heavy atom. The molecule has 2 nitrogen and oxygen atoms in total. The number of rotatable bonds is 5. The van der Waals surface area contributed by atoms with Crippen LogP contribution in [0.1, 0.15) is 57.4 Å². The maximum atomic E-state index is 12.7. The van der Waals surface area contributed by atoms with Gasteiger partial charge >= 0.3 is 0 Å². The molecule has 1 amide bonds. The first-order valence-corrected chi connectivity index (χ1v) is 9.04. The topological polar surface area (TPSA) is 20.3 Å². The van der Waals surface area contributed by atoms with Crippen LogP contribution in [0, 0.1) is 5.92 Å². The monoisotopic (exact) mass is 291 g/mol. The second-order valence-corrected chi connectivity index (χ2v) is 7.20. The molecule has 0 saturated heterocycles. The van der Waals surface area contributed by atoms with Crippen LogP contribution in [0.2, 0.25) is 0 Å². The molecule has 110 valence electrons. The SMILES string of the molecule is CCC1CCC(N(C(=O)Cc2ccsc2)C2CC2)CC1. The highest BCUT2D eigenvalue weighted by Gasteiger charge is 2.38. The predicted octanol–water partition coefficient (Wildman–Crippen LogP) is 4.25. The van der Waals surface area contributed by atoms with Crippen molar-refractivity contribution in [1.29, 1.82) is 0 Å². The molecule has 0 bridgehead atoms.